The van der Waals surface area contributed by atoms with Gasteiger partial charge in [0.1, 0.15) is 6.10 Å². The van der Waals surface area contributed by atoms with Gasteiger partial charge in [-0.25, -0.2) is 4.79 Å². The molecule has 0 aromatic rings. The lowest BCUT2D eigenvalue weighted by Crippen LogP contribution is -2.50. The second kappa shape index (κ2) is 28.9. The molecule has 6 fully saturated rings. The van der Waals surface area contributed by atoms with Gasteiger partial charge >= 0.3 is 5.97 Å². The van der Waals surface area contributed by atoms with E-state index in [4.69, 9.17) is 4.74 Å². The van der Waals surface area contributed by atoms with Crippen molar-refractivity contribution < 1.29 is 9.53 Å². The van der Waals surface area contributed by atoms with Crippen LogP contribution >= 0.6 is 0 Å². The zero-order chi connectivity index (χ0) is 41.3. The van der Waals surface area contributed by atoms with Gasteiger partial charge in [0.2, 0.25) is 0 Å². The second-order valence-electron chi connectivity index (χ2n) is 22.5. The van der Waals surface area contributed by atoms with E-state index in [-0.39, 0.29) is 17.5 Å². The Labute approximate surface area is 374 Å². The number of carbonyl (C=O) groups excluding carboxylic acids is 1. The Morgan fingerprint density at radius 3 is 0.767 bits per heavy atom. The first-order chi connectivity index (χ1) is 29.8. The fourth-order valence-corrected chi connectivity index (χ4v) is 15.0. The third kappa shape index (κ3) is 15.2. The molecule has 0 heterocycles. The fraction of sp³-hybridized carbons (Fsp3) is 0.948. The molecular formula is C58H102O2. The van der Waals surface area contributed by atoms with Crippen LogP contribution in [0, 0.1) is 35.0 Å². The van der Waals surface area contributed by atoms with Crippen LogP contribution in [0.4, 0.5) is 0 Å². The summed E-state index contributed by atoms with van der Waals surface area (Å²) in [6.45, 7) is 0. The molecule has 0 saturated heterocycles. The molecule has 2 heteroatoms. The van der Waals surface area contributed by atoms with Gasteiger partial charge in [0.25, 0.3) is 0 Å². The van der Waals surface area contributed by atoms with Gasteiger partial charge in [-0.05, 0) is 119 Å². The normalized spacial score (nSPS) is 26.5. The van der Waals surface area contributed by atoms with Gasteiger partial charge in [0.05, 0.1) is 0 Å². The van der Waals surface area contributed by atoms with Gasteiger partial charge in [0.15, 0.2) is 0 Å². The Balaban J connectivity index is 1.65. The van der Waals surface area contributed by atoms with Crippen molar-refractivity contribution in [3.63, 3.8) is 0 Å². The lowest BCUT2D eigenvalue weighted by Gasteiger charge is -2.55. The molecule has 6 saturated carbocycles. The van der Waals surface area contributed by atoms with E-state index in [1.807, 2.05) is 0 Å². The molecule has 0 atom stereocenters. The van der Waals surface area contributed by atoms with Crippen molar-refractivity contribution in [3.05, 3.63) is 11.1 Å². The van der Waals surface area contributed by atoms with Crippen LogP contribution in [0.2, 0.25) is 0 Å². The molecule has 0 aromatic carbocycles. The van der Waals surface area contributed by atoms with Crippen LogP contribution in [-0.4, -0.2) is 12.1 Å². The van der Waals surface area contributed by atoms with E-state index >= 15 is 4.79 Å². The van der Waals surface area contributed by atoms with Crippen molar-refractivity contribution in [1.29, 1.82) is 0 Å². The zero-order valence-corrected chi connectivity index (χ0v) is 40.2. The number of carbonyl (C=O) groups is 1. The first-order valence-corrected chi connectivity index (χ1v) is 28.7. The van der Waals surface area contributed by atoms with Crippen molar-refractivity contribution >= 4 is 5.97 Å². The smallest absolute Gasteiger partial charge is 0.334 e. The lowest BCUT2D eigenvalue weighted by atomic mass is 9.48. The molecule has 6 aliphatic carbocycles. The summed E-state index contributed by atoms with van der Waals surface area (Å²) in [6, 6.07) is 0. The minimum absolute atomic E-state index is 0.0270. The van der Waals surface area contributed by atoms with E-state index in [9.17, 15) is 0 Å². The molecule has 0 aliphatic heterocycles. The maximum Gasteiger partial charge on any atom is 0.334 e. The number of hydrogen-bond acceptors (Lipinski definition) is 2. The predicted octanol–water partition coefficient (Wildman–Crippen LogP) is 19.1. The summed E-state index contributed by atoms with van der Waals surface area (Å²) in [5.41, 5.74) is 3.24. The highest BCUT2D eigenvalue weighted by molar-refractivity contribution is 5.92. The molecule has 60 heavy (non-hydrogen) atoms. The van der Waals surface area contributed by atoms with Crippen molar-refractivity contribution in [3.8, 4) is 0 Å². The van der Waals surface area contributed by atoms with Crippen LogP contribution in [0.1, 0.15) is 308 Å². The van der Waals surface area contributed by atoms with E-state index in [2.05, 4.69) is 0 Å². The van der Waals surface area contributed by atoms with Gasteiger partial charge in [-0.15, -0.1) is 0 Å². The molecule has 0 amide bonds. The zero-order valence-electron chi connectivity index (χ0n) is 40.2. The van der Waals surface area contributed by atoms with E-state index in [1.54, 1.807) is 5.57 Å². The number of allylic oxidation sites excluding steroid dienone is 1. The average Bonchev–Trinajstić information content (AvgIpc) is 3.73. The molecule has 346 valence electrons. The van der Waals surface area contributed by atoms with E-state index in [0.717, 1.165) is 12.8 Å². The average molecular weight is 831 g/mol. The molecule has 0 radical (unpaired) electrons. The molecule has 0 N–H and O–H groups in total. The summed E-state index contributed by atoms with van der Waals surface area (Å²) < 4.78 is 7.49. The molecular weight excluding hydrogens is 729 g/mol. The summed E-state index contributed by atoms with van der Waals surface area (Å²) in [5, 5.41) is 0. The largest absolute Gasteiger partial charge is 0.459 e. The maximum absolute atomic E-state index is 16.8. The molecule has 6 rings (SSSR count). The third-order valence-electron chi connectivity index (χ3n) is 18.2. The SMILES string of the molecule is O=C(OC1CCCCCCCC1)C(=C(C1CCCCCCCC1)C1CCCCCCCC1)C(C1CCCCCCCC1)(C1CCCCCCCC1)C1CCCCCCCC1. The maximum atomic E-state index is 16.8. The Hall–Kier alpha value is -0.790. The molecule has 0 unspecified atom stereocenters. The Bertz CT molecular complexity index is 1020. The van der Waals surface area contributed by atoms with E-state index in [0.29, 0.717) is 29.6 Å². The number of esters is 1. The number of ether oxygens (including phenoxy) is 1. The third-order valence-corrected chi connectivity index (χ3v) is 18.2. The Kier molecular flexibility index (Phi) is 23.4. The topological polar surface area (TPSA) is 26.3 Å². The van der Waals surface area contributed by atoms with Gasteiger partial charge in [-0.2, -0.15) is 0 Å². The minimum atomic E-state index is -0.0270. The highest BCUT2D eigenvalue weighted by Crippen LogP contribution is 2.61. The molecule has 0 bridgehead atoms. The second-order valence-corrected chi connectivity index (χ2v) is 22.5. The van der Waals surface area contributed by atoms with Gasteiger partial charge < -0.3 is 4.74 Å². The summed E-state index contributed by atoms with van der Waals surface area (Å²) in [4.78, 5) is 16.8. The molecule has 6 aliphatic rings. The summed E-state index contributed by atoms with van der Waals surface area (Å²) >= 11 is 0. The highest BCUT2D eigenvalue weighted by Gasteiger charge is 2.56. The summed E-state index contributed by atoms with van der Waals surface area (Å²) in [5.74, 6) is 3.36. The Morgan fingerprint density at radius 2 is 0.500 bits per heavy atom. The lowest BCUT2D eigenvalue weighted by molar-refractivity contribution is -0.150. The van der Waals surface area contributed by atoms with Crippen LogP contribution in [0.5, 0.6) is 0 Å². The van der Waals surface area contributed by atoms with Gasteiger partial charge in [-0.3, -0.25) is 0 Å². The first-order valence-electron chi connectivity index (χ1n) is 28.7. The minimum Gasteiger partial charge on any atom is -0.459 e. The van der Waals surface area contributed by atoms with Crippen LogP contribution < -0.4 is 0 Å². The quantitative estimate of drug-likeness (QED) is 0.180. The van der Waals surface area contributed by atoms with Crippen molar-refractivity contribution in [1.82, 2.24) is 0 Å². The van der Waals surface area contributed by atoms with Crippen LogP contribution in [0.3, 0.4) is 0 Å². The predicted molar refractivity (Wildman–Crippen MR) is 258 cm³/mol. The van der Waals surface area contributed by atoms with Crippen LogP contribution in [-0.2, 0) is 9.53 Å². The first kappa shape index (κ1) is 48.7. The van der Waals surface area contributed by atoms with E-state index < -0.39 is 0 Å². The Morgan fingerprint density at radius 1 is 0.283 bits per heavy atom. The van der Waals surface area contributed by atoms with Gasteiger partial charge in [0, 0.05) is 11.0 Å². The van der Waals surface area contributed by atoms with Crippen LogP contribution in [0.15, 0.2) is 11.1 Å². The standard InChI is InChI=1S/C58H102O2/c59-57(60-54-47-35-23-11-12-24-36-48-54)56(55(49-37-25-13-1-2-14-26-38-49)50-39-27-15-3-4-16-28-40-50)58(51-41-29-17-5-6-18-30-42-51,52-43-31-19-7-8-20-32-44-52)53-45-33-21-9-10-22-34-46-53/h49-54H,1-48H2. The van der Waals surface area contributed by atoms with Crippen molar-refractivity contribution in [2.24, 2.45) is 35.0 Å². The molecule has 2 nitrogen and oxygen atoms in total. The van der Waals surface area contributed by atoms with Crippen molar-refractivity contribution in [2.45, 2.75) is 314 Å². The van der Waals surface area contributed by atoms with Crippen molar-refractivity contribution in [2.75, 3.05) is 0 Å². The van der Waals surface area contributed by atoms with Gasteiger partial charge in [-0.1, -0.05) is 224 Å². The number of hydrogen-bond donors (Lipinski definition) is 0. The highest BCUT2D eigenvalue weighted by atomic mass is 16.5. The number of rotatable bonds is 8. The monoisotopic (exact) mass is 831 g/mol. The van der Waals surface area contributed by atoms with E-state index in [1.165, 1.54) is 301 Å². The summed E-state index contributed by atoms with van der Waals surface area (Å²) in [7, 11) is 0. The molecule has 0 spiro atoms. The fourth-order valence-electron chi connectivity index (χ4n) is 15.0. The van der Waals surface area contributed by atoms with Crippen LogP contribution in [0.25, 0.3) is 0 Å². The summed E-state index contributed by atoms with van der Waals surface area (Å²) in [6.07, 6.45) is 65.8. The molecule has 0 aromatic heterocycles.